The second-order valence-electron chi connectivity index (χ2n) is 3.91. The van der Waals surface area contributed by atoms with Crippen molar-refractivity contribution >= 4 is 44.5 Å². The van der Waals surface area contributed by atoms with Crippen LogP contribution in [0.1, 0.15) is 20.9 Å². The summed E-state index contributed by atoms with van der Waals surface area (Å²) in [6.45, 7) is 3.73. The van der Waals surface area contributed by atoms with Gasteiger partial charge in [0.05, 0.1) is 16.9 Å². The third-order valence-electron chi connectivity index (χ3n) is 2.56. The van der Waals surface area contributed by atoms with Crippen molar-refractivity contribution in [3.05, 3.63) is 38.3 Å². The maximum atomic E-state index is 12.0. The molecule has 0 aliphatic rings. The Morgan fingerprint density at radius 3 is 2.78 bits per heavy atom. The number of nitrogens with zero attached hydrogens (tertiary/aromatic N) is 1. The molecule has 94 valence electrons. The van der Waals surface area contributed by atoms with Gasteiger partial charge < -0.3 is 11.1 Å². The number of amides is 1. The Bertz CT molecular complexity index is 609. The molecule has 1 heterocycles. The van der Waals surface area contributed by atoms with E-state index in [4.69, 9.17) is 5.73 Å². The van der Waals surface area contributed by atoms with Crippen molar-refractivity contribution in [2.75, 3.05) is 11.1 Å². The molecule has 3 N–H and O–H groups in total. The SMILES string of the molecule is Cc1cc(Br)c(NC(=O)c2scnc2C)cc1N. The van der Waals surface area contributed by atoms with Gasteiger partial charge in [-0.05, 0) is 47.5 Å². The number of carbonyl (C=O) groups excluding carboxylic acids is 1. The number of halogens is 1. The van der Waals surface area contributed by atoms with Crippen LogP contribution in [0, 0.1) is 13.8 Å². The van der Waals surface area contributed by atoms with E-state index in [2.05, 4.69) is 26.2 Å². The van der Waals surface area contributed by atoms with E-state index in [0.717, 1.165) is 15.7 Å². The van der Waals surface area contributed by atoms with Gasteiger partial charge in [-0.1, -0.05) is 0 Å². The maximum absolute atomic E-state index is 12.0. The summed E-state index contributed by atoms with van der Waals surface area (Å²) in [4.78, 5) is 16.7. The molecule has 0 saturated carbocycles. The molecule has 2 aromatic rings. The summed E-state index contributed by atoms with van der Waals surface area (Å²) in [6, 6.07) is 3.62. The summed E-state index contributed by atoms with van der Waals surface area (Å²) in [5.74, 6) is -0.168. The Morgan fingerprint density at radius 1 is 1.44 bits per heavy atom. The van der Waals surface area contributed by atoms with Crippen molar-refractivity contribution in [2.45, 2.75) is 13.8 Å². The van der Waals surface area contributed by atoms with Gasteiger partial charge in [0.25, 0.3) is 5.91 Å². The zero-order valence-corrected chi connectivity index (χ0v) is 12.4. The molecule has 6 heteroatoms. The molecule has 1 amide bonds. The number of nitrogens with two attached hydrogens (primary N) is 1. The average Bonchev–Trinajstić information content (AvgIpc) is 2.72. The topological polar surface area (TPSA) is 68.0 Å². The first-order chi connectivity index (χ1) is 8.49. The van der Waals surface area contributed by atoms with Crippen molar-refractivity contribution < 1.29 is 4.79 Å². The average molecular weight is 326 g/mol. The number of rotatable bonds is 2. The molecular weight excluding hydrogens is 314 g/mol. The maximum Gasteiger partial charge on any atom is 0.267 e. The lowest BCUT2D eigenvalue weighted by atomic mass is 10.2. The fourth-order valence-corrected chi connectivity index (χ4v) is 2.74. The summed E-state index contributed by atoms with van der Waals surface area (Å²) in [7, 11) is 0. The summed E-state index contributed by atoms with van der Waals surface area (Å²) in [6.07, 6.45) is 0. The predicted molar refractivity (Wildman–Crippen MR) is 78.1 cm³/mol. The number of benzene rings is 1. The highest BCUT2D eigenvalue weighted by atomic mass is 79.9. The van der Waals surface area contributed by atoms with Gasteiger partial charge in [0.2, 0.25) is 0 Å². The summed E-state index contributed by atoms with van der Waals surface area (Å²) >= 11 is 4.73. The van der Waals surface area contributed by atoms with Crippen LogP contribution in [0.5, 0.6) is 0 Å². The Morgan fingerprint density at radius 2 is 2.17 bits per heavy atom. The number of hydrogen-bond acceptors (Lipinski definition) is 4. The molecule has 0 atom stereocenters. The second kappa shape index (κ2) is 5.07. The normalized spacial score (nSPS) is 10.4. The van der Waals surface area contributed by atoms with E-state index >= 15 is 0 Å². The van der Waals surface area contributed by atoms with Crippen LogP contribution in [-0.4, -0.2) is 10.9 Å². The van der Waals surface area contributed by atoms with E-state index in [1.165, 1.54) is 11.3 Å². The standard InChI is InChI=1S/C12H12BrN3OS/c1-6-3-8(13)10(4-9(6)14)16-12(17)11-7(2)15-5-18-11/h3-5H,14H2,1-2H3,(H,16,17). The minimum absolute atomic E-state index is 0.168. The van der Waals surface area contributed by atoms with Crippen LogP contribution in [0.4, 0.5) is 11.4 Å². The molecule has 4 nitrogen and oxygen atoms in total. The zero-order valence-electron chi connectivity index (χ0n) is 9.95. The molecule has 0 unspecified atom stereocenters. The highest BCUT2D eigenvalue weighted by molar-refractivity contribution is 9.10. The molecule has 2 rings (SSSR count). The van der Waals surface area contributed by atoms with Crippen LogP contribution < -0.4 is 11.1 Å². The number of carbonyl (C=O) groups is 1. The van der Waals surface area contributed by atoms with Gasteiger partial charge in [-0.2, -0.15) is 0 Å². The number of aryl methyl sites for hydroxylation is 2. The van der Waals surface area contributed by atoms with Crippen LogP contribution in [-0.2, 0) is 0 Å². The smallest absolute Gasteiger partial charge is 0.267 e. The molecule has 0 fully saturated rings. The molecule has 0 aliphatic carbocycles. The molecule has 1 aromatic heterocycles. The highest BCUT2D eigenvalue weighted by Gasteiger charge is 2.13. The first-order valence-corrected chi connectivity index (χ1v) is 6.93. The van der Waals surface area contributed by atoms with E-state index in [1.54, 1.807) is 11.6 Å². The first kappa shape index (κ1) is 13.0. The lowest BCUT2D eigenvalue weighted by molar-refractivity contribution is 0.103. The first-order valence-electron chi connectivity index (χ1n) is 5.26. The fourth-order valence-electron chi connectivity index (χ4n) is 1.48. The van der Waals surface area contributed by atoms with Gasteiger partial charge >= 0.3 is 0 Å². The van der Waals surface area contributed by atoms with Crippen LogP contribution >= 0.6 is 27.3 Å². The van der Waals surface area contributed by atoms with E-state index in [1.807, 2.05) is 19.9 Å². The summed E-state index contributed by atoms with van der Waals surface area (Å²) in [5.41, 5.74) is 10.5. The Hall–Kier alpha value is -1.40. The van der Waals surface area contributed by atoms with Crippen molar-refractivity contribution in [1.82, 2.24) is 4.98 Å². The fraction of sp³-hybridized carbons (Fsp3) is 0.167. The summed E-state index contributed by atoms with van der Waals surface area (Å²) < 4.78 is 0.810. The van der Waals surface area contributed by atoms with Crippen LogP contribution in [0.2, 0.25) is 0 Å². The largest absolute Gasteiger partial charge is 0.398 e. The molecule has 0 radical (unpaired) electrons. The molecule has 0 spiro atoms. The van der Waals surface area contributed by atoms with Crippen LogP contribution in [0.25, 0.3) is 0 Å². The molecular formula is C12H12BrN3OS. The molecule has 18 heavy (non-hydrogen) atoms. The highest BCUT2D eigenvalue weighted by Crippen LogP contribution is 2.28. The van der Waals surface area contributed by atoms with Crippen molar-refractivity contribution in [1.29, 1.82) is 0 Å². The Kier molecular flexibility index (Phi) is 3.68. The Labute approximate surface area is 117 Å². The monoisotopic (exact) mass is 325 g/mol. The van der Waals surface area contributed by atoms with E-state index in [0.29, 0.717) is 16.3 Å². The Balaban J connectivity index is 2.28. The lowest BCUT2D eigenvalue weighted by Gasteiger charge is -2.09. The second-order valence-corrected chi connectivity index (χ2v) is 5.62. The molecule has 0 saturated heterocycles. The summed E-state index contributed by atoms with van der Waals surface area (Å²) in [5, 5.41) is 2.83. The van der Waals surface area contributed by atoms with E-state index < -0.39 is 0 Å². The van der Waals surface area contributed by atoms with Gasteiger partial charge in [0.15, 0.2) is 0 Å². The van der Waals surface area contributed by atoms with E-state index in [9.17, 15) is 4.79 Å². The number of nitrogens with one attached hydrogen (secondary N) is 1. The van der Waals surface area contributed by atoms with Gasteiger partial charge in [0.1, 0.15) is 4.88 Å². The van der Waals surface area contributed by atoms with Crippen molar-refractivity contribution in [3.8, 4) is 0 Å². The third kappa shape index (κ3) is 2.54. The number of hydrogen-bond donors (Lipinski definition) is 2. The minimum Gasteiger partial charge on any atom is -0.398 e. The van der Waals surface area contributed by atoms with Gasteiger partial charge in [-0.3, -0.25) is 4.79 Å². The molecule has 0 bridgehead atoms. The van der Waals surface area contributed by atoms with E-state index in [-0.39, 0.29) is 5.91 Å². The number of thiazole rings is 1. The van der Waals surface area contributed by atoms with Crippen LogP contribution in [0.3, 0.4) is 0 Å². The van der Waals surface area contributed by atoms with Crippen LogP contribution in [0.15, 0.2) is 22.1 Å². The third-order valence-corrected chi connectivity index (χ3v) is 4.14. The zero-order chi connectivity index (χ0) is 13.3. The molecule has 1 aromatic carbocycles. The number of nitrogen functional groups attached to an aromatic ring is 1. The minimum atomic E-state index is -0.168. The van der Waals surface area contributed by atoms with Gasteiger partial charge in [-0.25, -0.2) is 4.98 Å². The quantitative estimate of drug-likeness (QED) is 0.832. The van der Waals surface area contributed by atoms with Gasteiger partial charge in [0, 0.05) is 10.2 Å². The van der Waals surface area contributed by atoms with Gasteiger partial charge in [-0.15, -0.1) is 11.3 Å². The molecule has 0 aliphatic heterocycles. The van der Waals surface area contributed by atoms with Crippen molar-refractivity contribution in [3.63, 3.8) is 0 Å². The van der Waals surface area contributed by atoms with Crippen molar-refractivity contribution in [2.24, 2.45) is 0 Å². The lowest BCUT2D eigenvalue weighted by Crippen LogP contribution is -2.12. The number of aromatic nitrogens is 1. The predicted octanol–water partition coefficient (Wildman–Crippen LogP) is 3.36. The number of anilines is 2.